The van der Waals surface area contributed by atoms with E-state index in [4.69, 9.17) is 15.2 Å². The highest BCUT2D eigenvalue weighted by molar-refractivity contribution is 5.62. The van der Waals surface area contributed by atoms with Gasteiger partial charge in [0.05, 0.1) is 5.41 Å². The van der Waals surface area contributed by atoms with Crippen LogP contribution in [0.3, 0.4) is 0 Å². The Bertz CT molecular complexity index is 918. The number of benzene rings is 1. The summed E-state index contributed by atoms with van der Waals surface area (Å²) in [6.45, 7) is 8.81. The number of nitrogens with zero attached hydrogens (tertiary/aromatic N) is 4. The second kappa shape index (κ2) is 9.83. The van der Waals surface area contributed by atoms with Crippen LogP contribution in [-0.2, 0) is 11.8 Å². The molecule has 0 aliphatic rings. The van der Waals surface area contributed by atoms with Crippen molar-refractivity contribution in [1.82, 2.24) is 20.1 Å². The van der Waals surface area contributed by atoms with Gasteiger partial charge >= 0.3 is 0 Å². The molecule has 3 rings (SSSR count). The van der Waals surface area contributed by atoms with Crippen LogP contribution in [0.5, 0.6) is 0 Å². The Labute approximate surface area is 179 Å². The van der Waals surface area contributed by atoms with Crippen molar-refractivity contribution in [1.29, 1.82) is 0 Å². The minimum absolute atomic E-state index is 0.279. The van der Waals surface area contributed by atoms with Crippen LogP contribution in [0.2, 0.25) is 0 Å². The number of nitrogen functional groups attached to an aromatic ring is 1. The fourth-order valence-electron chi connectivity index (χ4n) is 3.66. The first-order chi connectivity index (χ1) is 14.4. The third kappa shape index (κ3) is 4.86. The minimum Gasteiger partial charge on any atom is -0.368 e. The molecule has 0 spiro atoms. The molecule has 2 aromatic heterocycles. The third-order valence-corrected chi connectivity index (χ3v) is 6.07. The van der Waals surface area contributed by atoms with E-state index in [2.05, 4.69) is 67.1 Å². The summed E-state index contributed by atoms with van der Waals surface area (Å²) in [7, 11) is 0. The predicted molar refractivity (Wildman–Crippen MR) is 120 cm³/mol. The number of nitrogens with two attached hydrogens (primary N) is 1. The predicted octanol–water partition coefficient (Wildman–Crippen LogP) is 5.58. The maximum absolute atomic E-state index is 5.60. The molecule has 2 heterocycles. The summed E-state index contributed by atoms with van der Waals surface area (Å²) >= 11 is 0. The van der Waals surface area contributed by atoms with E-state index in [0.717, 1.165) is 41.2 Å². The topological polar surface area (TPSA) is 90.7 Å². The molecule has 0 aliphatic heterocycles. The van der Waals surface area contributed by atoms with Crippen LogP contribution in [0, 0.1) is 5.92 Å². The van der Waals surface area contributed by atoms with Gasteiger partial charge in [-0.3, -0.25) is 0 Å². The Hall–Kier alpha value is -2.76. The highest BCUT2D eigenvalue weighted by atomic mass is 16.5. The van der Waals surface area contributed by atoms with E-state index < -0.39 is 0 Å². The second-order valence-electron chi connectivity index (χ2n) is 8.44. The Kier molecular flexibility index (Phi) is 7.19. The van der Waals surface area contributed by atoms with Crippen molar-refractivity contribution >= 4 is 5.95 Å². The van der Waals surface area contributed by atoms with Gasteiger partial charge in [0, 0.05) is 24.4 Å². The first-order valence-corrected chi connectivity index (χ1v) is 11.0. The van der Waals surface area contributed by atoms with Crippen LogP contribution in [0.25, 0.3) is 11.1 Å². The molecule has 0 fully saturated rings. The van der Waals surface area contributed by atoms with Crippen molar-refractivity contribution in [3.05, 3.63) is 53.9 Å². The number of aryl methyl sites for hydroxylation is 1. The quantitative estimate of drug-likeness (QED) is 0.441. The molecule has 1 unspecified atom stereocenters. The van der Waals surface area contributed by atoms with Gasteiger partial charge in [0.15, 0.2) is 5.82 Å². The summed E-state index contributed by atoms with van der Waals surface area (Å²) in [5, 5.41) is 4.37. The van der Waals surface area contributed by atoms with Crippen molar-refractivity contribution in [3.63, 3.8) is 0 Å². The zero-order chi connectivity index (χ0) is 21.6. The Balaban J connectivity index is 1.78. The smallest absolute Gasteiger partial charge is 0.226 e. The van der Waals surface area contributed by atoms with Gasteiger partial charge in [0.1, 0.15) is 0 Å². The highest BCUT2D eigenvalue weighted by Crippen LogP contribution is 2.38. The summed E-state index contributed by atoms with van der Waals surface area (Å²) in [6.07, 6.45) is 10.5. The van der Waals surface area contributed by atoms with Gasteiger partial charge in [-0.2, -0.15) is 4.98 Å². The van der Waals surface area contributed by atoms with Gasteiger partial charge < -0.3 is 10.3 Å². The molecule has 1 atom stereocenters. The van der Waals surface area contributed by atoms with Crippen molar-refractivity contribution in [2.75, 3.05) is 5.73 Å². The molecule has 0 bridgehead atoms. The molecule has 0 amide bonds. The van der Waals surface area contributed by atoms with Crippen LogP contribution < -0.4 is 5.73 Å². The van der Waals surface area contributed by atoms with Gasteiger partial charge in [0.2, 0.25) is 11.8 Å². The zero-order valence-electron chi connectivity index (χ0n) is 18.6. The van der Waals surface area contributed by atoms with E-state index in [1.54, 1.807) is 12.4 Å². The monoisotopic (exact) mass is 407 g/mol. The average molecular weight is 408 g/mol. The van der Waals surface area contributed by atoms with Gasteiger partial charge in [-0.1, -0.05) is 75.9 Å². The summed E-state index contributed by atoms with van der Waals surface area (Å²) < 4.78 is 5.60. The van der Waals surface area contributed by atoms with Crippen molar-refractivity contribution in [3.8, 4) is 11.1 Å². The van der Waals surface area contributed by atoms with Crippen molar-refractivity contribution in [2.45, 2.75) is 71.6 Å². The zero-order valence-corrected chi connectivity index (χ0v) is 18.6. The molecule has 3 aromatic rings. The Morgan fingerprint density at radius 2 is 1.63 bits per heavy atom. The molecule has 0 saturated heterocycles. The van der Waals surface area contributed by atoms with Gasteiger partial charge in [-0.25, -0.2) is 9.97 Å². The first-order valence-electron chi connectivity index (χ1n) is 11.0. The molecule has 0 aliphatic carbocycles. The van der Waals surface area contributed by atoms with Crippen LogP contribution in [0.1, 0.15) is 77.1 Å². The molecule has 30 heavy (non-hydrogen) atoms. The Morgan fingerprint density at radius 1 is 0.967 bits per heavy atom. The summed E-state index contributed by atoms with van der Waals surface area (Å²) in [6, 6.07) is 8.43. The lowest BCUT2D eigenvalue weighted by atomic mass is 9.72. The molecular weight excluding hydrogens is 374 g/mol. The normalized spacial score (nSPS) is 13.5. The molecule has 6 nitrogen and oxygen atoms in total. The van der Waals surface area contributed by atoms with Gasteiger partial charge in [-0.15, -0.1) is 0 Å². The fraction of sp³-hybridized carbons (Fsp3) is 0.500. The van der Waals surface area contributed by atoms with Crippen molar-refractivity contribution in [2.24, 2.45) is 5.92 Å². The van der Waals surface area contributed by atoms with Gasteiger partial charge in [-0.05, 0) is 30.4 Å². The van der Waals surface area contributed by atoms with Crippen LogP contribution in [0.4, 0.5) is 5.95 Å². The lowest BCUT2D eigenvalue weighted by Crippen LogP contribution is -2.31. The lowest BCUT2D eigenvalue weighted by Gasteiger charge is -2.31. The fourth-order valence-corrected chi connectivity index (χ4v) is 3.66. The number of hydrogen-bond donors (Lipinski definition) is 1. The molecular formula is C24H33N5O. The second-order valence-corrected chi connectivity index (χ2v) is 8.44. The average Bonchev–Trinajstić information content (AvgIpc) is 3.23. The van der Waals surface area contributed by atoms with E-state index in [9.17, 15) is 0 Å². The first kappa shape index (κ1) is 21.9. The maximum Gasteiger partial charge on any atom is 0.226 e. The number of hydrogen-bond acceptors (Lipinski definition) is 6. The number of unbranched alkanes of at least 4 members (excludes halogenated alkanes) is 4. The van der Waals surface area contributed by atoms with Gasteiger partial charge in [0.25, 0.3) is 0 Å². The standard InChI is InChI=1S/C24H33N5O/c1-5-6-7-8-9-10-21-28-22(29-30-21)24(4,17(2)3)20-13-11-18(12-14-20)19-15-26-23(25)27-16-19/h11-17H,5-10H2,1-4H3,(H2,25,26,27). The molecule has 0 radical (unpaired) electrons. The summed E-state index contributed by atoms with van der Waals surface area (Å²) in [4.78, 5) is 12.9. The van der Waals surface area contributed by atoms with E-state index >= 15 is 0 Å². The number of anilines is 1. The third-order valence-electron chi connectivity index (χ3n) is 6.07. The molecule has 1 aromatic carbocycles. The van der Waals surface area contributed by atoms with Crippen LogP contribution in [-0.4, -0.2) is 20.1 Å². The van der Waals surface area contributed by atoms with E-state index in [0.29, 0.717) is 5.92 Å². The minimum atomic E-state index is -0.333. The number of aromatic nitrogens is 4. The van der Waals surface area contributed by atoms with Crippen molar-refractivity contribution < 1.29 is 4.52 Å². The Morgan fingerprint density at radius 3 is 2.27 bits per heavy atom. The largest absolute Gasteiger partial charge is 0.368 e. The molecule has 160 valence electrons. The van der Waals surface area contributed by atoms with E-state index in [1.165, 1.54) is 25.7 Å². The maximum atomic E-state index is 5.60. The number of rotatable bonds is 10. The van der Waals surface area contributed by atoms with E-state index in [-0.39, 0.29) is 11.4 Å². The molecule has 0 saturated carbocycles. The van der Waals surface area contributed by atoms with Crippen LogP contribution >= 0.6 is 0 Å². The molecule has 6 heteroatoms. The SMILES string of the molecule is CCCCCCCc1nc(C(C)(c2ccc(-c3cnc(N)nc3)cc2)C(C)C)no1. The highest BCUT2D eigenvalue weighted by Gasteiger charge is 2.37. The summed E-state index contributed by atoms with van der Waals surface area (Å²) in [5.41, 5.74) is 8.40. The lowest BCUT2D eigenvalue weighted by molar-refractivity contribution is 0.335. The summed E-state index contributed by atoms with van der Waals surface area (Å²) in [5.74, 6) is 2.08. The molecule has 2 N–H and O–H groups in total. The van der Waals surface area contributed by atoms with Crippen LogP contribution in [0.15, 0.2) is 41.2 Å². The van der Waals surface area contributed by atoms with E-state index in [1.807, 2.05) is 0 Å².